The van der Waals surface area contributed by atoms with E-state index in [1.165, 1.54) is 16.8 Å². The Labute approximate surface area is 136 Å². The standard InChI is InChI=1S/C20H30N2/c1-5-10-18(3)16-22(17-19-12-8-7-9-13-19)20(11-6-2)14-15-21-4/h5,7-13,16,21H,6,14-15,17H2,1-4H3/b10-5+,18-16+,20-11+. The Kier molecular flexibility index (Phi) is 9.01. The van der Waals surface area contributed by atoms with Crippen molar-refractivity contribution >= 4 is 0 Å². The highest BCUT2D eigenvalue weighted by atomic mass is 15.1. The molecule has 0 aromatic heterocycles. The maximum absolute atomic E-state index is 3.25. The van der Waals surface area contributed by atoms with E-state index in [4.69, 9.17) is 0 Å². The Hall–Kier alpha value is -1.80. The van der Waals surface area contributed by atoms with Gasteiger partial charge in [-0.15, -0.1) is 0 Å². The van der Waals surface area contributed by atoms with Crippen LogP contribution in [0.15, 0.2) is 66.0 Å². The predicted molar refractivity (Wildman–Crippen MR) is 97.5 cm³/mol. The molecule has 0 saturated heterocycles. The lowest BCUT2D eigenvalue weighted by atomic mass is 10.1. The highest BCUT2D eigenvalue weighted by molar-refractivity contribution is 5.21. The number of rotatable bonds is 9. The first-order valence-corrected chi connectivity index (χ1v) is 8.16. The molecule has 0 aliphatic carbocycles. The quantitative estimate of drug-likeness (QED) is 0.654. The van der Waals surface area contributed by atoms with Gasteiger partial charge in [0.15, 0.2) is 0 Å². The molecule has 0 radical (unpaired) electrons. The van der Waals surface area contributed by atoms with Gasteiger partial charge in [-0.3, -0.25) is 0 Å². The number of hydrogen-bond donors (Lipinski definition) is 1. The third kappa shape index (κ3) is 6.77. The van der Waals surface area contributed by atoms with Crippen molar-refractivity contribution in [2.75, 3.05) is 13.6 Å². The number of nitrogens with one attached hydrogen (secondary N) is 1. The van der Waals surface area contributed by atoms with Crippen molar-refractivity contribution in [3.8, 4) is 0 Å². The molecule has 0 unspecified atom stereocenters. The summed E-state index contributed by atoms with van der Waals surface area (Å²) in [6, 6.07) is 10.7. The summed E-state index contributed by atoms with van der Waals surface area (Å²) in [5.74, 6) is 0. The Bertz CT molecular complexity index is 498. The van der Waals surface area contributed by atoms with E-state index in [1.807, 2.05) is 7.05 Å². The van der Waals surface area contributed by atoms with Gasteiger partial charge in [0, 0.05) is 25.0 Å². The van der Waals surface area contributed by atoms with Crippen LogP contribution in [0.2, 0.25) is 0 Å². The normalized spacial score (nSPS) is 12.9. The topological polar surface area (TPSA) is 15.3 Å². The molecule has 0 fully saturated rings. The largest absolute Gasteiger partial charge is 0.347 e. The maximum atomic E-state index is 3.25. The van der Waals surface area contributed by atoms with Gasteiger partial charge in [-0.25, -0.2) is 0 Å². The monoisotopic (exact) mass is 298 g/mol. The molecule has 2 nitrogen and oxygen atoms in total. The molecule has 1 aromatic carbocycles. The van der Waals surface area contributed by atoms with E-state index in [0.29, 0.717) is 0 Å². The van der Waals surface area contributed by atoms with Crippen LogP contribution in [0, 0.1) is 0 Å². The molecule has 1 aromatic rings. The van der Waals surface area contributed by atoms with Crippen molar-refractivity contribution in [1.29, 1.82) is 0 Å². The first kappa shape index (κ1) is 18.2. The van der Waals surface area contributed by atoms with E-state index < -0.39 is 0 Å². The number of allylic oxidation sites excluding steroid dienone is 4. The van der Waals surface area contributed by atoms with Gasteiger partial charge in [-0.1, -0.05) is 55.5 Å². The van der Waals surface area contributed by atoms with Crippen molar-refractivity contribution in [2.45, 2.75) is 40.2 Å². The molecular formula is C20H30N2. The third-order valence-corrected chi connectivity index (χ3v) is 3.42. The average molecular weight is 298 g/mol. The van der Waals surface area contributed by atoms with Crippen molar-refractivity contribution in [3.05, 3.63) is 71.6 Å². The van der Waals surface area contributed by atoms with Crippen LogP contribution in [0.5, 0.6) is 0 Å². The van der Waals surface area contributed by atoms with E-state index in [2.05, 4.69) is 85.7 Å². The first-order chi connectivity index (χ1) is 10.7. The second-order valence-corrected chi connectivity index (χ2v) is 5.44. The zero-order valence-electron chi connectivity index (χ0n) is 14.5. The molecule has 1 rings (SSSR count). The van der Waals surface area contributed by atoms with Crippen LogP contribution < -0.4 is 5.32 Å². The molecule has 2 heteroatoms. The summed E-state index contributed by atoms with van der Waals surface area (Å²) in [4.78, 5) is 2.38. The lowest BCUT2D eigenvalue weighted by Gasteiger charge is -2.25. The third-order valence-electron chi connectivity index (χ3n) is 3.42. The highest BCUT2D eigenvalue weighted by Crippen LogP contribution is 2.17. The minimum atomic E-state index is 0.908. The molecule has 1 N–H and O–H groups in total. The van der Waals surface area contributed by atoms with Crippen LogP contribution in [-0.4, -0.2) is 18.5 Å². The van der Waals surface area contributed by atoms with E-state index in [9.17, 15) is 0 Å². The predicted octanol–water partition coefficient (Wildman–Crippen LogP) is 4.87. The molecule has 0 aliphatic rings. The number of benzene rings is 1. The minimum absolute atomic E-state index is 0.908. The maximum Gasteiger partial charge on any atom is 0.0472 e. The molecule has 0 heterocycles. The van der Waals surface area contributed by atoms with Crippen LogP contribution in [0.4, 0.5) is 0 Å². The van der Waals surface area contributed by atoms with Crippen LogP contribution >= 0.6 is 0 Å². The van der Waals surface area contributed by atoms with E-state index >= 15 is 0 Å². The highest BCUT2D eigenvalue weighted by Gasteiger charge is 2.08. The van der Waals surface area contributed by atoms with Crippen LogP contribution in [0.3, 0.4) is 0 Å². The Morgan fingerprint density at radius 1 is 1.23 bits per heavy atom. The molecular weight excluding hydrogens is 268 g/mol. The molecule has 22 heavy (non-hydrogen) atoms. The summed E-state index contributed by atoms with van der Waals surface area (Å²) in [6.07, 6.45) is 10.9. The van der Waals surface area contributed by atoms with Gasteiger partial charge >= 0.3 is 0 Å². The van der Waals surface area contributed by atoms with Crippen LogP contribution in [0.1, 0.15) is 39.2 Å². The smallest absolute Gasteiger partial charge is 0.0472 e. The van der Waals surface area contributed by atoms with Gasteiger partial charge in [0.2, 0.25) is 0 Å². The average Bonchev–Trinajstić information content (AvgIpc) is 2.52. The summed E-state index contributed by atoms with van der Waals surface area (Å²) in [5.41, 5.74) is 3.98. The summed E-state index contributed by atoms with van der Waals surface area (Å²) >= 11 is 0. The second-order valence-electron chi connectivity index (χ2n) is 5.44. The molecule has 0 bridgehead atoms. The summed E-state index contributed by atoms with van der Waals surface area (Å²) in [5, 5.41) is 3.25. The van der Waals surface area contributed by atoms with E-state index in [0.717, 1.165) is 25.9 Å². The zero-order valence-corrected chi connectivity index (χ0v) is 14.5. The second kappa shape index (κ2) is 10.9. The molecule has 0 aliphatic heterocycles. The zero-order chi connectivity index (χ0) is 16.2. The van der Waals surface area contributed by atoms with Gasteiger partial charge < -0.3 is 10.2 Å². The lowest BCUT2D eigenvalue weighted by molar-refractivity contribution is 0.432. The van der Waals surface area contributed by atoms with Gasteiger partial charge in [0.1, 0.15) is 0 Å². The first-order valence-electron chi connectivity index (χ1n) is 8.16. The van der Waals surface area contributed by atoms with Gasteiger partial charge in [0.25, 0.3) is 0 Å². The van der Waals surface area contributed by atoms with Crippen molar-refractivity contribution in [3.63, 3.8) is 0 Å². The summed E-state index contributed by atoms with van der Waals surface area (Å²) in [7, 11) is 2.01. The van der Waals surface area contributed by atoms with Crippen molar-refractivity contribution < 1.29 is 0 Å². The Balaban J connectivity index is 3.02. The Morgan fingerprint density at radius 3 is 2.55 bits per heavy atom. The van der Waals surface area contributed by atoms with Gasteiger partial charge in [-0.2, -0.15) is 0 Å². The molecule has 0 saturated carbocycles. The number of nitrogens with zero attached hydrogens (tertiary/aromatic N) is 1. The molecule has 120 valence electrons. The Morgan fingerprint density at radius 2 is 1.95 bits per heavy atom. The minimum Gasteiger partial charge on any atom is -0.347 e. The number of hydrogen-bond acceptors (Lipinski definition) is 2. The van der Waals surface area contributed by atoms with Crippen molar-refractivity contribution in [2.24, 2.45) is 0 Å². The molecule has 0 atom stereocenters. The van der Waals surface area contributed by atoms with Crippen LogP contribution in [0.25, 0.3) is 0 Å². The fourth-order valence-corrected chi connectivity index (χ4v) is 2.41. The van der Waals surface area contributed by atoms with Gasteiger partial charge in [0.05, 0.1) is 0 Å². The SMILES string of the molecule is C/C=C/C(C)=C/N(Cc1ccccc1)/C(=C/CC)CCNC. The van der Waals surface area contributed by atoms with Crippen LogP contribution in [-0.2, 0) is 6.54 Å². The molecule has 0 spiro atoms. The fourth-order valence-electron chi connectivity index (χ4n) is 2.41. The van der Waals surface area contributed by atoms with E-state index in [1.54, 1.807) is 0 Å². The van der Waals surface area contributed by atoms with Gasteiger partial charge in [-0.05, 0) is 44.9 Å². The van der Waals surface area contributed by atoms with Crippen molar-refractivity contribution in [1.82, 2.24) is 10.2 Å². The van der Waals surface area contributed by atoms with E-state index in [-0.39, 0.29) is 0 Å². The lowest BCUT2D eigenvalue weighted by Crippen LogP contribution is -2.20. The summed E-state index contributed by atoms with van der Waals surface area (Å²) < 4.78 is 0. The molecule has 0 amide bonds. The summed E-state index contributed by atoms with van der Waals surface area (Å²) in [6.45, 7) is 8.31. The fraction of sp³-hybridized carbons (Fsp3) is 0.400.